The van der Waals surface area contributed by atoms with Crippen LogP contribution in [0.4, 0.5) is 5.69 Å². The molecule has 0 atom stereocenters. The fourth-order valence-corrected chi connectivity index (χ4v) is 3.89. The highest BCUT2D eigenvalue weighted by molar-refractivity contribution is 5.46. The highest BCUT2D eigenvalue weighted by atomic mass is 16.5. The van der Waals surface area contributed by atoms with E-state index in [1.165, 1.54) is 109 Å². The van der Waals surface area contributed by atoms with Gasteiger partial charge in [0, 0.05) is 12.2 Å². The molecule has 2 heteroatoms. The summed E-state index contributed by atoms with van der Waals surface area (Å²) in [4.78, 5) is 0. The van der Waals surface area contributed by atoms with Gasteiger partial charge in [0.1, 0.15) is 5.75 Å². The summed E-state index contributed by atoms with van der Waals surface area (Å²) < 4.78 is 5.84. The molecule has 1 aromatic rings. The lowest BCUT2D eigenvalue weighted by Crippen LogP contribution is -1.99. The first-order valence-electron chi connectivity index (χ1n) is 13.8. The summed E-state index contributed by atoms with van der Waals surface area (Å²) in [6, 6.07) is 8.30. The van der Waals surface area contributed by atoms with E-state index in [4.69, 9.17) is 4.74 Å². The zero-order valence-electron chi connectivity index (χ0n) is 21.7. The zero-order chi connectivity index (χ0) is 22.8. The van der Waals surface area contributed by atoms with E-state index in [0.717, 1.165) is 24.6 Å². The van der Waals surface area contributed by atoms with Crippen molar-refractivity contribution >= 4 is 5.69 Å². The Morgan fingerprint density at radius 2 is 0.935 bits per heavy atom. The molecule has 0 spiro atoms. The maximum Gasteiger partial charge on any atom is 0.119 e. The molecule has 1 N–H and O–H groups in total. The highest BCUT2D eigenvalue weighted by Crippen LogP contribution is 2.17. The smallest absolute Gasteiger partial charge is 0.119 e. The van der Waals surface area contributed by atoms with Crippen molar-refractivity contribution in [1.29, 1.82) is 0 Å². The molecule has 0 saturated heterocycles. The molecule has 2 nitrogen and oxygen atoms in total. The van der Waals surface area contributed by atoms with Crippen LogP contribution in [0.5, 0.6) is 5.75 Å². The van der Waals surface area contributed by atoms with Crippen molar-refractivity contribution in [2.24, 2.45) is 0 Å². The molecule has 0 heterocycles. The SMILES string of the molecule is CC.CCCCCCCCCCCCCCCCCCCOc1ccc(NCC)cc1. The molecule has 0 radical (unpaired) electrons. The van der Waals surface area contributed by atoms with E-state index < -0.39 is 0 Å². The van der Waals surface area contributed by atoms with Gasteiger partial charge in [-0.05, 0) is 37.6 Å². The van der Waals surface area contributed by atoms with Crippen LogP contribution in [0.1, 0.15) is 137 Å². The number of rotatable bonds is 21. The summed E-state index contributed by atoms with van der Waals surface area (Å²) in [5.74, 6) is 0.989. The van der Waals surface area contributed by atoms with E-state index in [0.29, 0.717) is 0 Å². The standard InChI is InChI=1S/C27H49NO.C2H6/c1-3-5-6-7-8-9-10-11-12-13-14-15-16-17-18-19-20-25-29-27-23-21-26(22-24-27)28-4-2;1-2/h21-24,28H,3-20,25H2,1-2H3;1-2H3. The molecule has 182 valence electrons. The Balaban J connectivity index is 0.00000436. The number of unbranched alkanes of at least 4 members (excludes halogenated alkanes) is 16. The third kappa shape index (κ3) is 20.5. The summed E-state index contributed by atoms with van der Waals surface area (Å²) >= 11 is 0. The van der Waals surface area contributed by atoms with Crippen LogP contribution < -0.4 is 10.1 Å². The number of benzene rings is 1. The lowest BCUT2D eigenvalue weighted by Gasteiger charge is -2.08. The van der Waals surface area contributed by atoms with E-state index in [1.54, 1.807) is 0 Å². The minimum atomic E-state index is 0.846. The molecule has 1 aromatic carbocycles. The molecular formula is C29H55NO. The van der Waals surface area contributed by atoms with Gasteiger partial charge < -0.3 is 10.1 Å². The molecule has 1 rings (SSSR count). The normalized spacial score (nSPS) is 10.5. The molecule has 0 aliphatic carbocycles. The zero-order valence-corrected chi connectivity index (χ0v) is 21.7. The summed E-state index contributed by atoms with van der Waals surface area (Å²) in [5, 5.41) is 3.31. The topological polar surface area (TPSA) is 21.3 Å². The third-order valence-corrected chi connectivity index (χ3v) is 5.75. The van der Waals surface area contributed by atoms with Crippen LogP contribution in [-0.2, 0) is 0 Å². The molecule has 0 saturated carbocycles. The van der Waals surface area contributed by atoms with E-state index in [2.05, 4.69) is 43.4 Å². The van der Waals surface area contributed by atoms with Crippen molar-refractivity contribution in [2.75, 3.05) is 18.5 Å². The second-order valence-corrected chi connectivity index (χ2v) is 8.56. The number of anilines is 1. The Hall–Kier alpha value is -1.18. The number of hydrogen-bond acceptors (Lipinski definition) is 2. The first kappa shape index (κ1) is 29.8. The van der Waals surface area contributed by atoms with E-state index >= 15 is 0 Å². The summed E-state index contributed by atoms with van der Waals surface area (Å²) in [5.41, 5.74) is 1.16. The Kier molecular flexibility index (Phi) is 24.1. The second-order valence-electron chi connectivity index (χ2n) is 8.56. The van der Waals surface area contributed by atoms with Crippen LogP contribution in [0.15, 0.2) is 24.3 Å². The van der Waals surface area contributed by atoms with Gasteiger partial charge in [-0.25, -0.2) is 0 Å². The summed E-state index contributed by atoms with van der Waals surface area (Å²) in [6.07, 6.45) is 24.0. The van der Waals surface area contributed by atoms with Gasteiger partial charge in [0.15, 0.2) is 0 Å². The maximum atomic E-state index is 5.84. The van der Waals surface area contributed by atoms with Crippen molar-refractivity contribution in [3.8, 4) is 5.75 Å². The van der Waals surface area contributed by atoms with Crippen molar-refractivity contribution < 1.29 is 4.74 Å². The molecule has 0 aliphatic heterocycles. The number of ether oxygens (including phenoxy) is 1. The van der Waals surface area contributed by atoms with Crippen molar-refractivity contribution in [1.82, 2.24) is 0 Å². The monoisotopic (exact) mass is 433 g/mol. The molecule has 0 fully saturated rings. The van der Waals surface area contributed by atoms with Crippen LogP contribution in [0.2, 0.25) is 0 Å². The first-order chi connectivity index (χ1) is 15.4. The molecule has 0 unspecified atom stereocenters. The fraction of sp³-hybridized carbons (Fsp3) is 0.793. The van der Waals surface area contributed by atoms with Gasteiger partial charge in [-0.3, -0.25) is 0 Å². The Bertz CT molecular complexity index is 443. The molecular weight excluding hydrogens is 378 g/mol. The average Bonchev–Trinajstić information content (AvgIpc) is 2.81. The summed E-state index contributed by atoms with van der Waals surface area (Å²) in [7, 11) is 0. The van der Waals surface area contributed by atoms with Crippen LogP contribution in [0, 0.1) is 0 Å². The van der Waals surface area contributed by atoms with Gasteiger partial charge in [-0.1, -0.05) is 124 Å². The predicted molar refractivity (Wildman–Crippen MR) is 142 cm³/mol. The Morgan fingerprint density at radius 1 is 0.548 bits per heavy atom. The Morgan fingerprint density at radius 3 is 1.32 bits per heavy atom. The quantitative estimate of drug-likeness (QED) is 0.195. The van der Waals surface area contributed by atoms with Crippen molar-refractivity contribution in [3.63, 3.8) is 0 Å². The predicted octanol–water partition coefficient (Wildman–Crippen LogP) is 10.2. The van der Waals surface area contributed by atoms with Gasteiger partial charge >= 0.3 is 0 Å². The molecule has 0 amide bonds. The van der Waals surface area contributed by atoms with E-state index in [1.807, 2.05) is 13.8 Å². The minimum Gasteiger partial charge on any atom is -0.494 e. The number of hydrogen-bond donors (Lipinski definition) is 1. The number of nitrogens with one attached hydrogen (secondary N) is 1. The molecule has 0 aliphatic rings. The first-order valence-corrected chi connectivity index (χ1v) is 13.8. The minimum absolute atomic E-state index is 0.846. The molecule has 0 aromatic heterocycles. The van der Waals surface area contributed by atoms with Gasteiger partial charge in [0.05, 0.1) is 6.61 Å². The lowest BCUT2D eigenvalue weighted by molar-refractivity contribution is 0.304. The largest absolute Gasteiger partial charge is 0.494 e. The molecule has 31 heavy (non-hydrogen) atoms. The van der Waals surface area contributed by atoms with Gasteiger partial charge in [-0.2, -0.15) is 0 Å². The highest BCUT2D eigenvalue weighted by Gasteiger charge is 1.97. The summed E-state index contributed by atoms with van der Waals surface area (Å²) in [6.45, 7) is 10.2. The molecule has 0 bridgehead atoms. The average molecular weight is 434 g/mol. The fourth-order valence-electron chi connectivity index (χ4n) is 3.89. The van der Waals surface area contributed by atoms with Crippen LogP contribution in [0.3, 0.4) is 0 Å². The van der Waals surface area contributed by atoms with E-state index in [9.17, 15) is 0 Å². The van der Waals surface area contributed by atoms with Crippen molar-refractivity contribution in [2.45, 2.75) is 137 Å². The Labute approximate surface area is 195 Å². The van der Waals surface area contributed by atoms with Gasteiger partial charge in [-0.15, -0.1) is 0 Å². The third-order valence-electron chi connectivity index (χ3n) is 5.75. The van der Waals surface area contributed by atoms with Crippen LogP contribution in [0.25, 0.3) is 0 Å². The van der Waals surface area contributed by atoms with Crippen LogP contribution in [-0.4, -0.2) is 13.2 Å². The van der Waals surface area contributed by atoms with Gasteiger partial charge in [0.2, 0.25) is 0 Å². The van der Waals surface area contributed by atoms with Crippen LogP contribution >= 0.6 is 0 Å². The second kappa shape index (κ2) is 25.1. The maximum absolute atomic E-state index is 5.84. The van der Waals surface area contributed by atoms with Crippen molar-refractivity contribution in [3.05, 3.63) is 24.3 Å². The lowest BCUT2D eigenvalue weighted by atomic mass is 10.0. The van der Waals surface area contributed by atoms with Gasteiger partial charge in [0.25, 0.3) is 0 Å². The van der Waals surface area contributed by atoms with E-state index in [-0.39, 0.29) is 0 Å².